The third kappa shape index (κ3) is 8.00. The smallest absolute Gasteiger partial charge is 0.0799 e. The molecule has 1 aliphatic carbocycles. The summed E-state index contributed by atoms with van der Waals surface area (Å²) in [5, 5.41) is 1.47. The second-order valence-electron chi connectivity index (χ2n) is 15.1. The number of rotatable bonds is 9. The van der Waals surface area contributed by atoms with E-state index < -0.39 is 14.9 Å². The number of hydrogen-bond donors (Lipinski definition) is 0. The average molecular weight is 880 g/mol. The Morgan fingerprint density at radius 2 is 1.38 bits per heavy atom. The molecule has 1 radical (unpaired) electrons. The van der Waals surface area contributed by atoms with Crippen LogP contribution in [0.4, 0.5) is 0 Å². The van der Waals surface area contributed by atoms with E-state index in [1.165, 1.54) is 39.2 Å². The number of aryl methyl sites for hydroxylation is 1. The van der Waals surface area contributed by atoms with Gasteiger partial charge in [-0.15, -0.1) is 65.2 Å². The molecule has 0 bridgehead atoms. The first-order valence-corrected chi connectivity index (χ1v) is 22.0. The summed E-state index contributed by atoms with van der Waals surface area (Å²) in [5.74, 6) is 0.534. The van der Waals surface area contributed by atoms with Gasteiger partial charge in [0.1, 0.15) is 0 Å². The normalized spacial score (nSPS) is 13.8. The van der Waals surface area contributed by atoms with Gasteiger partial charge in [-0.2, -0.15) is 0 Å². The van der Waals surface area contributed by atoms with Crippen LogP contribution < -0.4 is 5.19 Å². The molecule has 0 amide bonds. The molecule has 6 aromatic rings. The molecule has 0 aliphatic heterocycles. The molecule has 269 valence electrons. The first-order chi connectivity index (χ1) is 25.8. The van der Waals surface area contributed by atoms with Gasteiger partial charge in [0.2, 0.25) is 0 Å². The zero-order valence-corrected chi connectivity index (χ0v) is 35.0. The average Bonchev–Trinajstić information content (AvgIpc) is 3.43. The summed E-state index contributed by atoms with van der Waals surface area (Å²) in [4.78, 5) is 9.29. The quantitative estimate of drug-likeness (QED) is 0.107. The molecule has 2 nitrogen and oxygen atoms in total. The maximum absolute atomic E-state index is 8.04. The predicted molar refractivity (Wildman–Crippen MR) is 220 cm³/mol. The minimum absolute atomic E-state index is 0. The summed E-state index contributed by atoms with van der Waals surface area (Å²) in [7, 11) is -1.34. The van der Waals surface area contributed by atoms with Crippen LogP contribution in [0.2, 0.25) is 19.6 Å². The summed E-state index contributed by atoms with van der Waals surface area (Å²) in [6.45, 7) is 13.9. The second kappa shape index (κ2) is 16.8. The van der Waals surface area contributed by atoms with Crippen molar-refractivity contribution < 1.29 is 24.2 Å². The molecule has 2 heterocycles. The Hall–Kier alpha value is -3.95. The topological polar surface area (TPSA) is 25.8 Å². The van der Waals surface area contributed by atoms with Gasteiger partial charge < -0.3 is 9.97 Å². The van der Waals surface area contributed by atoms with E-state index in [-0.39, 0.29) is 31.1 Å². The Morgan fingerprint density at radius 3 is 2.04 bits per heavy atom. The van der Waals surface area contributed by atoms with Crippen molar-refractivity contribution in [2.45, 2.75) is 91.2 Å². The maximum atomic E-state index is 8.04. The van der Waals surface area contributed by atoms with E-state index in [9.17, 15) is 0 Å². The van der Waals surface area contributed by atoms with Crippen molar-refractivity contribution >= 4 is 13.3 Å². The molecule has 0 saturated carbocycles. The van der Waals surface area contributed by atoms with Crippen molar-refractivity contribution in [3.63, 3.8) is 0 Å². The van der Waals surface area contributed by atoms with Gasteiger partial charge in [-0.25, -0.2) is 0 Å². The van der Waals surface area contributed by atoms with Crippen molar-refractivity contribution in [3.8, 4) is 44.8 Å². The molecule has 7 rings (SSSR count). The third-order valence-electron chi connectivity index (χ3n) is 10.2. The van der Waals surface area contributed by atoms with Gasteiger partial charge in [0.05, 0.1) is 8.07 Å². The second-order valence-corrected chi connectivity index (χ2v) is 20.2. The number of pyridine rings is 2. The maximum Gasteiger partial charge on any atom is 0.0799 e. The Kier molecular flexibility index (Phi) is 11.3. The zero-order valence-electron chi connectivity index (χ0n) is 34.6. The first kappa shape index (κ1) is 35.1. The molecule has 0 unspecified atom stereocenters. The fourth-order valence-corrected chi connectivity index (χ4v) is 9.47. The summed E-state index contributed by atoms with van der Waals surface area (Å²) in [5.41, 5.74) is 12.4. The standard InChI is InChI=1S/C31H30N.C17H22NSi.Ir/c1-4-17-31(18-5-2)28-14-10-9-13-25(28)26-16-15-24(19-29(26)31)30-20-27(22(3)21-32-30)23-11-7-6-8-12-23;1-13(2)15-11-16(14-9-7-6-8-10-14)18-12-17(15)19(3,4)5;/h6-14,16,19-21H,4-5,17-18H2,1-3H3;6-9,11-13H,1-5H3;/q2*-1;/i3D3;;. The van der Waals surface area contributed by atoms with Crippen LogP contribution >= 0.6 is 0 Å². The molecular weight excluding hydrogens is 825 g/mol. The van der Waals surface area contributed by atoms with Crippen molar-refractivity contribution in [1.29, 1.82) is 0 Å². The Labute approximate surface area is 331 Å². The Morgan fingerprint density at radius 1 is 0.712 bits per heavy atom. The van der Waals surface area contributed by atoms with Crippen LogP contribution in [-0.4, -0.2) is 18.0 Å². The van der Waals surface area contributed by atoms with Crippen molar-refractivity contribution in [2.24, 2.45) is 0 Å². The minimum atomic E-state index is -2.24. The molecule has 0 fully saturated rings. The van der Waals surface area contributed by atoms with E-state index in [0.29, 0.717) is 11.5 Å². The molecule has 4 heteroatoms. The van der Waals surface area contributed by atoms with Crippen LogP contribution in [0.25, 0.3) is 44.8 Å². The summed E-state index contributed by atoms with van der Waals surface area (Å²) in [6, 6.07) is 41.8. The molecule has 4 aromatic carbocycles. The molecule has 0 saturated heterocycles. The molecule has 0 atom stereocenters. The van der Waals surface area contributed by atoms with Crippen molar-refractivity contribution in [3.05, 3.63) is 150 Å². The number of benzene rings is 4. The minimum Gasteiger partial charge on any atom is -0.305 e. The van der Waals surface area contributed by atoms with Crippen LogP contribution in [-0.2, 0) is 25.5 Å². The van der Waals surface area contributed by atoms with Gasteiger partial charge in [-0.05, 0) is 64.4 Å². The fourth-order valence-electron chi connectivity index (χ4n) is 7.79. The van der Waals surface area contributed by atoms with E-state index in [0.717, 1.165) is 53.8 Å². The monoisotopic (exact) mass is 880 g/mol. The number of nitrogens with zero attached hydrogens (tertiary/aromatic N) is 2. The van der Waals surface area contributed by atoms with Gasteiger partial charge in [0.15, 0.2) is 0 Å². The number of aromatic nitrogens is 2. The zero-order chi connectivity index (χ0) is 38.7. The van der Waals surface area contributed by atoms with Gasteiger partial charge >= 0.3 is 0 Å². The van der Waals surface area contributed by atoms with E-state index in [2.05, 4.69) is 124 Å². The first-order valence-electron chi connectivity index (χ1n) is 20.0. The molecule has 52 heavy (non-hydrogen) atoms. The Balaban J connectivity index is 0.000000246. The van der Waals surface area contributed by atoms with Gasteiger partial charge in [-0.3, -0.25) is 0 Å². The van der Waals surface area contributed by atoms with Crippen LogP contribution in [0, 0.1) is 19.0 Å². The third-order valence-corrected chi connectivity index (χ3v) is 12.2. The number of fused-ring (bicyclic) bond motifs is 3. The van der Waals surface area contributed by atoms with Crippen molar-refractivity contribution in [2.75, 3.05) is 0 Å². The molecule has 1 aliphatic rings. The van der Waals surface area contributed by atoms with Gasteiger partial charge in [0, 0.05) is 42.0 Å². The van der Waals surface area contributed by atoms with E-state index in [1.807, 2.05) is 54.6 Å². The van der Waals surface area contributed by atoms with E-state index in [4.69, 9.17) is 4.11 Å². The van der Waals surface area contributed by atoms with Crippen LogP contribution in [0.15, 0.2) is 116 Å². The number of hydrogen-bond acceptors (Lipinski definition) is 2. The van der Waals surface area contributed by atoms with Crippen LogP contribution in [0.3, 0.4) is 0 Å². The van der Waals surface area contributed by atoms with Crippen LogP contribution in [0.1, 0.15) is 85.7 Å². The predicted octanol–water partition coefficient (Wildman–Crippen LogP) is 12.6. The largest absolute Gasteiger partial charge is 0.305 e. The molecule has 0 spiro atoms. The SMILES string of the molecule is CC(C)c1cc(-c2[c-]cccc2)ncc1[Si](C)(C)C.[2H]C([2H])([2H])c1cnc(-c2[c-]cc3c(c2)C(CCC)(CCC)c2ccccc2-3)cc1-c1ccccc1.[Ir]. The molecule has 0 N–H and O–H groups in total. The fraction of sp³-hybridized carbons (Fsp3) is 0.292. The Bertz CT molecular complexity index is 2200. The summed E-state index contributed by atoms with van der Waals surface area (Å²) in [6.07, 6.45) is 8.00. The summed E-state index contributed by atoms with van der Waals surface area (Å²) >= 11 is 0. The molecule has 2 aromatic heterocycles. The molecular formula is C48H52IrN2Si-2. The van der Waals surface area contributed by atoms with Gasteiger partial charge in [0.25, 0.3) is 0 Å². The van der Waals surface area contributed by atoms with E-state index in [1.54, 1.807) is 0 Å². The van der Waals surface area contributed by atoms with Gasteiger partial charge in [-0.1, -0.05) is 144 Å². The van der Waals surface area contributed by atoms with Crippen molar-refractivity contribution in [1.82, 2.24) is 9.97 Å². The van der Waals surface area contributed by atoms with Crippen LogP contribution in [0.5, 0.6) is 0 Å². The summed E-state index contributed by atoms with van der Waals surface area (Å²) < 4.78 is 24.1. The van der Waals surface area contributed by atoms with E-state index >= 15 is 0 Å².